The number of carbonyl (C=O) groups is 2. The van der Waals surface area contributed by atoms with Gasteiger partial charge in [0.2, 0.25) is 21.8 Å². The zero-order valence-electron chi connectivity index (χ0n) is 19.6. The molecule has 0 spiro atoms. The first-order valence-corrected chi connectivity index (χ1v) is 14.5. The molecule has 2 aromatic rings. The molecular formula is C25H30N4O4S2. The first kappa shape index (κ1) is 24.3. The van der Waals surface area contributed by atoms with Crippen molar-refractivity contribution in [3.63, 3.8) is 0 Å². The number of hydrogen-bond donors (Lipinski definition) is 0. The summed E-state index contributed by atoms with van der Waals surface area (Å²) >= 11 is 1.38. The smallest absolute Gasteiger partial charge is 0.243 e. The molecule has 2 aromatic carbocycles. The van der Waals surface area contributed by atoms with Gasteiger partial charge in [0.25, 0.3) is 0 Å². The lowest BCUT2D eigenvalue weighted by Crippen LogP contribution is -2.52. The Hall–Kier alpha value is -2.40. The summed E-state index contributed by atoms with van der Waals surface area (Å²) in [6, 6.07) is 15.2. The van der Waals surface area contributed by atoms with Gasteiger partial charge in [-0.15, -0.1) is 11.8 Å². The molecule has 2 amide bonds. The van der Waals surface area contributed by atoms with Crippen molar-refractivity contribution in [3.05, 3.63) is 54.1 Å². The maximum atomic E-state index is 13.2. The van der Waals surface area contributed by atoms with E-state index in [1.165, 1.54) is 26.5 Å². The highest BCUT2D eigenvalue weighted by Gasteiger charge is 2.33. The summed E-state index contributed by atoms with van der Waals surface area (Å²) in [5.74, 6) is -0.0405. The van der Waals surface area contributed by atoms with Gasteiger partial charge in [-0.25, -0.2) is 8.42 Å². The minimum atomic E-state index is -3.61. The summed E-state index contributed by atoms with van der Waals surface area (Å²) in [5, 5.41) is 0. The van der Waals surface area contributed by atoms with Crippen molar-refractivity contribution >= 4 is 39.3 Å². The second-order valence-corrected chi connectivity index (χ2v) is 12.1. The lowest BCUT2D eigenvalue weighted by atomic mass is 10.2. The molecule has 2 saturated heterocycles. The molecule has 2 fully saturated rings. The number of thioether (sulfide) groups is 1. The Morgan fingerprint density at radius 1 is 0.914 bits per heavy atom. The van der Waals surface area contributed by atoms with E-state index >= 15 is 0 Å². The number of carbonyl (C=O) groups excluding carboxylic acids is 2. The molecule has 0 aliphatic carbocycles. The molecule has 5 rings (SSSR count). The third-order valence-electron chi connectivity index (χ3n) is 6.84. The average Bonchev–Trinajstić information content (AvgIpc) is 3.43. The van der Waals surface area contributed by atoms with Gasteiger partial charge in [-0.3, -0.25) is 14.5 Å². The van der Waals surface area contributed by atoms with E-state index in [4.69, 9.17) is 0 Å². The molecule has 0 radical (unpaired) electrons. The fraction of sp³-hybridized carbons (Fsp3) is 0.440. The van der Waals surface area contributed by atoms with Gasteiger partial charge in [0, 0.05) is 50.7 Å². The van der Waals surface area contributed by atoms with Crippen LogP contribution in [-0.2, 0) is 26.2 Å². The Morgan fingerprint density at radius 2 is 1.63 bits per heavy atom. The maximum Gasteiger partial charge on any atom is 0.243 e. The second-order valence-electron chi connectivity index (χ2n) is 9.15. The van der Waals surface area contributed by atoms with Gasteiger partial charge < -0.3 is 9.80 Å². The van der Waals surface area contributed by atoms with E-state index in [9.17, 15) is 18.0 Å². The van der Waals surface area contributed by atoms with Gasteiger partial charge in [0.15, 0.2) is 0 Å². The van der Waals surface area contributed by atoms with Crippen molar-refractivity contribution in [1.82, 2.24) is 14.1 Å². The van der Waals surface area contributed by atoms with Crippen LogP contribution in [0.15, 0.2) is 58.3 Å². The second kappa shape index (κ2) is 10.3. The molecule has 3 aliphatic rings. The summed E-state index contributed by atoms with van der Waals surface area (Å²) in [5.41, 5.74) is 1.77. The third-order valence-corrected chi connectivity index (χ3v) is 9.79. The van der Waals surface area contributed by atoms with Gasteiger partial charge >= 0.3 is 0 Å². The molecule has 0 aromatic heterocycles. The minimum Gasteiger partial charge on any atom is -0.339 e. The van der Waals surface area contributed by atoms with Crippen LogP contribution in [0.1, 0.15) is 18.4 Å². The fourth-order valence-electron chi connectivity index (χ4n) is 4.83. The predicted molar refractivity (Wildman–Crippen MR) is 136 cm³/mol. The molecule has 0 saturated carbocycles. The van der Waals surface area contributed by atoms with E-state index < -0.39 is 10.0 Å². The number of fused-ring (bicyclic) bond motifs is 1. The monoisotopic (exact) mass is 514 g/mol. The van der Waals surface area contributed by atoms with Crippen molar-refractivity contribution in [2.75, 3.05) is 56.5 Å². The molecule has 35 heavy (non-hydrogen) atoms. The summed E-state index contributed by atoms with van der Waals surface area (Å²) in [6.45, 7) is 4.59. The molecule has 186 valence electrons. The Balaban J connectivity index is 1.27. The SMILES string of the molecule is O=C(CN1C(=O)CSc2ccc(S(=O)(=O)N3CCCC3)cc21)N1CCN(Cc2ccccc2)CC1. The van der Waals surface area contributed by atoms with Crippen LogP contribution in [0, 0.1) is 0 Å². The highest BCUT2D eigenvalue weighted by molar-refractivity contribution is 8.00. The van der Waals surface area contributed by atoms with Crippen LogP contribution in [0.5, 0.6) is 0 Å². The summed E-state index contributed by atoms with van der Waals surface area (Å²) < 4.78 is 27.6. The highest BCUT2D eigenvalue weighted by Crippen LogP contribution is 2.37. The average molecular weight is 515 g/mol. The van der Waals surface area contributed by atoms with Gasteiger partial charge in [-0.1, -0.05) is 30.3 Å². The molecule has 3 aliphatic heterocycles. The van der Waals surface area contributed by atoms with Gasteiger partial charge in [0.05, 0.1) is 16.3 Å². The normalized spacial score (nSPS) is 19.7. The van der Waals surface area contributed by atoms with E-state index in [0.29, 0.717) is 31.9 Å². The van der Waals surface area contributed by atoms with Crippen LogP contribution in [-0.4, -0.2) is 85.9 Å². The molecule has 0 N–H and O–H groups in total. The van der Waals surface area contributed by atoms with Crippen molar-refractivity contribution in [2.24, 2.45) is 0 Å². The summed E-state index contributed by atoms with van der Waals surface area (Å²) in [7, 11) is -3.61. The van der Waals surface area contributed by atoms with E-state index in [2.05, 4.69) is 17.0 Å². The van der Waals surface area contributed by atoms with Crippen LogP contribution in [0.4, 0.5) is 5.69 Å². The lowest BCUT2D eigenvalue weighted by molar-refractivity contribution is -0.132. The Kier molecular flexibility index (Phi) is 7.15. The summed E-state index contributed by atoms with van der Waals surface area (Å²) in [6.07, 6.45) is 1.72. The van der Waals surface area contributed by atoms with Crippen molar-refractivity contribution in [3.8, 4) is 0 Å². The maximum absolute atomic E-state index is 13.2. The number of amides is 2. The number of rotatable bonds is 6. The largest absolute Gasteiger partial charge is 0.339 e. The van der Waals surface area contributed by atoms with Crippen LogP contribution in [0.2, 0.25) is 0 Å². The molecule has 10 heteroatoms. The van der Waals surface area contributed by atoms with Gasteiger partial charge in [-0.05, 0) is 36.6 Å². The van der Waals surface area contributed by atoms with Crippen LogP contribution in [0.3, 0.4) is 0 Å². The fourth-order valence-corrected chi connectivity index (χ4v) is 7.28. The van der Waals surface area contributed by atoms with Crippen LogP contribution >= 0.6 is 11.8 Å². The molecular weight excluding hydrogens is 484 g/mol. The van der Waals surface area contributed by atoms with Crippen molar-refractivity contribution in [2.45, 2.75) is 29.2 Å². The van der Waals surface area contributed by atoms with E-state index in [0.717, 1.165) is 37.4 Å². The highest BCUT2D eigenvalue weighted by atomic mass is 32.2. The van der Waals surface area contributed by atoms with E-state index in [1.807, 2.05) is 18.2 Å². The zero-order chi connectivity index (χ0) is 24.4. The predicted octanol–water partition coefficient (Wildman–Crippen LogP) is 2.25. The first-order valence-electron chi connectivity index (χ1n) is 12.0. The lowest BCUT2D eigenvalue weighted by Gasteiger charge is -2.36. The van der Waals surface area contributed by atoms with Gasteiger partial charge in [0.1, 0.15) is 6.54 Å². The Labute approximate surface area is 210 Å². The molecule has 3 heterocycles. The van der Waals surface area contributed by atoms with E-state index in [1.54, 1.807) is 23.1 Å². The zero-order valence-corrected chi connectivity index (χ0v) is 21.3. The number of nitrogens with zero attached hydrogens (tertiary/aromatic N) is 4. The summed E-state index contributed by atoms with van der Waals surface area (Å²) in [4.78, 5) is 32.6. The topological polar surface area (TPSA) is 81.2 Å². The standard InChI is InChI=1S/C25H30N4O4S2/c30-24(27-14-12-26(13-15-27)17-20-6-2-1-3-7-20)18-29-22-16-21(8-9-23(22)34-19-25(29)31)35(32,33)28-10-4-5-11-28/h1-3,6-9,16H,4-5,10-15,17-19H2. The number of hydrogen-bond acceptors (Lipinski definition) is 6. The minimum absolute atomic E-state index is 0.0711. The number of sulfonamides is 1. The van der Waals surface area contributed by atoms with Crippen LogP contribution in [0.25, 0.3) is 0 Å². The van der Waals surface area contributed by atoms with Crippen molar-refractivity contribution < 1.29 is 18.0 Å². The number of piperazine rings is 1. The van der Waals surface area contributed by atoms with Crippen LogP contribution < -0.4 is 4.90 Å². The third kappa shape index (κ3) is 5.25. The van der Waals surface area contributed by atoms with Crippen molar-refractivity contribution in [1.29, 1.82) is 0 Å². The van der Waals surface area contributed by atoms with E-state index in [-0.39, 0.29) is 29.0 Å². The first-order chi connectivity index (χ1) is 16.9. The Bertz CT molecular complexity index is 1190. The van der Waals surface area contributed by atoms with Gasteiger partial charge in [-0.2, -0.15) is 4.31 Å². The Morgan fingerprint density at radius 3 is 2.34 bits per heavy atom. The molecule has 8 nitrogen and oxygen atoms in total. The quantitative estimate of drug-likeness (QED) is 0.588. The molecule has 0 atom stereocenters. The number of benzene rings is 2. The molecule has 0 unspecified atom stereocenters. The number of anilines is 1. The molecule has 0 bridgehead atoms.